The fourth-order valence-electron chi connectivity index (χ4n) is 2.77. The first-order valence-electron chi connectivity index (χ1n) is 9.44. The predicted molar refractivity (Wildman–Crippen MR) is 124 cm³/mol. The summed E-state index contributed by atoms with van der Waals surface area (Å²) in [5.74, 6) is -0.389. The number of anilines is 3. The number of hydrogen-bond donors (Lipinski definition) is 3. The van der Waals surface area contributed by atoms with E-state index in [1.54, 1.807) is 30.3 Å². The summed E-state index contributed by atoms with van der Waals surface area (Å²) in [6, 6.07) is 22.6. The highest BCUT2D eigenvalue weighted by molar-refractivity contribution is 6.33. The lowest BCUT2D eigenvalue weighted by Crippen LogP contribution is -2.08. The molecule has 3 aromatic carbocycles. The smallest absolute Gasteiger partial charge is 0.248 e. The summed E-state index contributed by atoms with van der Waals surface area (Å²) in [5, 5.41) is 9.31. The first-order valence-corrected chi connectivity index (χ1v) is 9.81. The van der Waals surface area contributed by atoms with E-state index < -0.39 is 0 Å². The number of carbonyl (C=O) groups excluding carboxylic acids is 2. The molecule has 3 aromatic rings. The van der Waals surface area contributed by atoms with Crippen LogP contribution in [0.1, 0.15) is 18.1 Å². The summed E-state index contributed by atoms with van der Waals surface area (Å²) in [7, 11) is 0. The van der Waals surface area contributed by atoms with Gasteiger partial charge in [-0.05, 0) is 47.5 Å². The molecule has 0 aliphatic rings. The van der Waals surface area contributed by atoms with Gasteiger partial charge >= 0.3 is 0 Å². The second-order valence-corrected chi connectivity index (χ2v) is 7.07. The molecule has 3 rings (SSSR count). The average Bonchev–Trinajstić information content (AvgIpc) is 2.73. The third-order valence-electron chi connectivity index (χ3n) is 4.22. The molecular weight excluding hydrogens is 398 g/mol. The lowest BCUT2D eigenvalue weighted by molar-refractivity contribution is -0.114. The molecule has 152 valence electrons. The fraction of sp³-hybridized carbons (Fsp3) is 0.0833. The van der Waals surface area contributed by atoms with E-state index in [-0.39, 0.29) is 11.8 Å². The van der Waals surface area contributed by atoms with Crippen LogP contribution in [0.5, 0.6) is 0 Å². The Hall–Kier alpha value is -3.57. The van der Waals surface area contributed by atoms with Crippen molar-refractivity contribution >= 4 is 46.6 Å². The van der Waals surface area contributed by atoms with Crippen molar-refractivity contribution in [3.05, 3.63) is 95.0 Å². The SMILES string of the molecule is CC(=O)Nc1ccc(C=CC(=O)Nc2ccc(NCc3ccccc3)c(Cl)c2)cc1. The van der Waals surface area contributed by atoms with Gasteiger partial charge in [0.15, 0.2) is 0 Å². The number of rotatable bonds is 7. The summed E-state index contributed by atoms with van der Waals surface area (Å²) in [4.78, 5) is 23.2. The molecule has 30 heavy (non-hydrogen) atoms. The molecule has 0 bridgehead atoms. The van der Waals surface area contributed by atoms with Gasteiger partial charge in [-0.15, -0.1) is 0 Å². The maximum absolute atomic E-state index is 12.2. The van der Waals surface area contributed by atoms with Crippen molar-refractivity contribution < 1.29 is 9.59 Å². The maximum atomic E-state index is 12.2. The molecule has 2 amide bonds. The van der Waals surface area contributed by atoms with Crippen LogP contribution in [0.2, 0.25) is 5.02 Å². The number of carbonyl (C=O) groups is 2. The Bertz CT molecular complexity index is 1050. The van der Waals surface area contributed by atoms with Crippen molar-refractivity contribution in [1.82, 2.24) is 0 Å². The lowest BCUT2D eigenvalue weighted by Gasteiger charge is -2.10. The minimum Gasteiger partial charge on any atom is -0.380 e. The van der Waals surface area contributed by atoms with Gasteiger partial charge in [0, 0.05) is 30.9 Å². The monoisotopic (exact) mass is 419 g/mol. The molecule has 0 saturated heterocycles. The molecule has 5 nitrogen and oxygen atoms in total. The van der Waals surface area contributed by atoms with Crippen molar-refractivity contribution in [3.8, 4) is 0 Å². The van der Waals surface area contributed by atoms with Crippen LogP contribution >= 0.6 is 11.6 Å². The fourth-order valence-corrected chi connectivity index (χ4v) is 3.01. The van der Waals surface area contributed by atoms with Crippen LogP contribution in [0, 0.1) is 0 Å². The van der Waals surface area contributed by atoms with Crippen LogP contribution in [0.25, 0.3) is 6.08 Å². The molecule has 0 aliphatic heterocycles. The van der Waals surface area contributed by atoms with Gasteiger partial charge in [-0.3, -0.25) is 9.59 Å². The Morgan fingerprint density at radius 3 is 2.27 bits per heavy atom. The number of nitrogens with one attached hydrogen (secondary N) is 3. The van der Waals surface area contributed by atoms with E-state index in [1.807, 2.05) is 48.5 Å². The number of benzene rings is 3. The lowest BCUT2D eigenvalue weighted by atomic mass is 10.2. The molecule has 0 heterocycles. The standard InChI is InChI=1S/C24H22ClN3O2/c1-17(29)27-20-10-7-18(8-11-20)9-14-24(30)28-21-12-13-23(22(25)15-21)26-16-19-5-3-2-4-6-19/h2-15,26H,16H2,1H3,(H,27,29)(H,28,30). The van der Waals surface area contributed by atoms with E-state index in [4.69, 9.17) is 11.6 Å². The van der Waals surface area contributed by atoms with Crippen molar-refractivity contribution in [2.75, 3.05) is 16.0 Å². The second kappa shape index (κ2) is 10.3. The summed E-state index contributed by atoms with van der Waals surface area (Å²) < 4.78 is 0. The minimum absolute atomic E-state index is 0.127. The van der Waals surface area contributed by atoms with Gasteiger partial charge < -0.3 is 16.0 Å². The van der Waals surface area contributed by atoms with Gasteiger partial charge in [-0.25, -0.2) is 0 Å². The average molecular weight is 420 g/mol. The Morgan fingerprint density at radius 2 is 1.60 bits per heavy atom. The van der Waals surface area contributed by atoms with E-state index in [2.05, 4.69) is 16.0 Å². The van der Waals surface area contributed by atoms with E-state index in [9.17, 15) is 9.59 Å². The van der Waals surface area contributed by atoms with Gasteiger partial charge in [0.05, 0.1) is 10.7 Å². The van der Waals surface area contributed by atoms with Crippen molar-refractivity contribution in [2.24, 2.45) is 0 Å². The molecule has 0 fully saturated rings. The van der Waals surface area contributed by atoms with Crippen LogP contribution < -0.4 is 16.0 Å². The third-order valence-corrected chi connectivity index (χ3v) is 4.53. The maximum Gasteiger partial charge on any atom is 0.248 e. The molecule has 0 spiro atoms. The first kappa shape index (κ1) is 21.1. The first-order chi connectivity index (χ1) is 14.5. The van der Waals surface area contributed by atoms with Crippen LogP contribution in [0.4, 0.5) is 17.1 Å². The number of amides is 2. The molecule has 0 radical (unpaired) electrons. The highest BCUT2D eigenvalue weighted by Gasteiger charge is 2.04. The summed E-state index contributed by atoms with van der Waals surface area (Å²) in [5.41, 5.74) is 4.12. The largest absolute Gasteiger partial charge is 0.380 e. The Morgan fingerprint density at radius 1 is 0.900 bits per heavy atom. The van der Waals surface area contributed by atoms with Gasteiger partial charge in [-0.1, -0.05) is 54.1 Å². The van der Waals surface area contributed by atoms with Gasteiger partial charge in [-0.2, -0.15) is 0 Å². The zero-order valence-electron chi connectivity index (χ0n) is 16.5. The highest BCUT2D eigenvalue weighted by atomic mass is 35.5. The topological polar surface area (TPSA) is 70.2 Å². The van der Waals surface area contributed by atoms with E-state index in [0.717, 1.165) is 16.8 Å². The highest BCUT2D eigenvalue weighted by Crippen LogP contribution is 2.26. The van der Waals surface area contributed by atoms with Gasteiger partial charge in [0.1, 0.15) is 0 Å². The molecule has 0 atom stereocenters. The number of halogens is 1. The quantitative estimate of drug-likeness (QED) is 0.439. The predicted octanol–water partition coefficient (Wildman–Crippen LogP) is 5.56. The summed E-state index contributed by atoms with van der Waals surface area (Å²) in [6.45, 7) is 2.12. The molecule has 3 N–H and O–H groups in total. The Balaban J connectivity index is 1.55. The molecule has 6 heteroatoms. The van der Waals surface area contributed by atoms with Gasteiger partial charge in [0.2, 0.25) is 11.8 Å². The van der Waals surface area contributed by atoms with Crippen LogP contribution in [0.3, 0.4) is 0 Å². The van der Waals surface area contributed by atoms with E-state index in [1.165, 1.54) is 13.0 Å². The van der Waals surface area contributed by atoms with E-state index in [0.29, 0.717) is 22.9 Å². The van der Waals surface area contributed by atoms with Crippen LogP contribution in [-0.4, -0.2) is 11.8 Å². The minimum atomic E-state index is -0.262. The summed E-state index contributed by atoms with van der Waals surface area (Å²) in [6.07, 6.45) is 3.15. The van der Waals surface area contributed by atoms with Crippen molar-refractivity contribution in [1.29, 1.82) is 0 Å². The molecule has 0 unspecified atom stereocenters. The van der Waals surface area contributed by atoms with Gasteiger partial charge in [0.25, 0.3) is 0 Å². The van der Waals surface area contributed by atoms with E-state index >= 15 is 0 Å². The molecule has 0 saturated carbocycles. The van der Waals surface area contributed by atoms with Crippen molar-refractivity contribution in [2.45, 2.75) is 13.5 Å². The van der Waals surface area contributed by atoms with Crippen LogP contribution in [-0.2, 0) is 16.1 Å². The normalized spacial score (nSPS) is 10.6. The third kappa shape index (κ3) is 6.50. The Kier molecular flexibility index (Phi) is 7.24. The molecule has 0 aliphatic carbocycles. The zero-order valence-corrected chi connectivity index (χ0v) is 17.2. The zero-order chi connectivity index (χ0) is 21.3. The summed E-state index contributed by atoms with van der Waals surface area (Å²) >= 11 is 6.34. The molecular formula is C24H22ClN3O2. The van der Waals surface area contributed by atoms with Crippen LogP contribution in [0.15, 0.2) is 78.9 Å². The Labute approximate surface area is 180 Å². The second-order valence-electron chi connectivity index (χ2n) is 6.66. The van der Waals surface area contributed by atoms with Crippen molar-refractivity contribution in [3.63, 3.8) is 0 Å². The molecule has 0 aromatic heterocycles. The number of hydrogen-bond acceptors (Lipinski definition) is 3.